The van der Waals surface area contributed by atoms with Crippen molar-refractivity contribution >= 4 is 8.07 Å². The average Bonchev–Trinajstić information content (AvgIpc) is 1.78. The minimum Gasteiger partial charge on any atom is -0.504 e. The summed E-state index contributed by atoms with van der Waals surface area (Å²) in [5.41, 5.74) is 2.27. The van der Waals surface area contributed by atoms with Crippen molar-refractivity contribution < 1.29 is 4.74 Å². The molecule has 0 aliphatic heterocycles. The third-order valence-corrected chi connectivity index (χ3v) is 2.11. The van der Waals surface area contributed by atoms with Crippen LogP contribution in [0, 0.1) is 0 Å². The zero-order valence-corrected chi connectivity index (χ0v) is 8.22. The van der Waals surface area contributed by atoms with Crippen LogP contribution in [0.2, 0.25) is 19.6 Å². The van der Waals surface area contributed by atoms with Gasteiger partial charge in [-0.1, -0.05) is 31.4 Å². The van der Waals surface area contributed by atoms with Gasteiger partial charge in [-0.2, -0.15) is 0 Å². The number of allylic oxidation sites excluding steroid dienone is 2. The van der Waals surface area contributed by atoms with Crippen molar-refractivity contribution in [3.63, 3.8) is 0 Å². The lowest BCUT2D eigenvalue weighted by molar-refractivity contribution is 0.338. The monoisotopic (exact) mass is 156 g/mol. The Labute approximate surface area is 64.4 Å². The number of hydrogen-bond donors (Lipinski definition) is 0. The number of rotatable bonds is 3. The second kappa shape index (κ2) is 4.33. The summed E-state index contributed by atoms with van der Waals surface area (Å²) >= 11 is 0. The van der Waals surface area contributed by atoms with E-state index in [1.807, 2.05) is 6.08 Å². The van der Waals surface area contributed by atoms with E-state index in [0.717, 1.165) is 0 Å². The van der Waals surface area contributed by atoms with E-state index >= 15 is 0 Å². The molecular formula is C8H16OSi. The summed E-state index contributed by atoms with van der Waals surface area (Å²) in [5, 5.41) is 0. The second-order valence-electron chi connectivity index (χ2n) is 3.29. The molecule has 0 atom stereocenters. The van der Waals surface area contributed by atoms with Gasteiger partial charge in [0.05, 0.1) is 21.4 Å². The molecule has 0 N–H and O–H groups in total. The number of ether oxygens (including phenoxy) is 1. The highest BCUT2D eigenvalue weighted by Crippen LogP contribution is 2.01. The van der Waals surface area contributed by atoms with E-state index < -0.39 is 8.07 Å². The SMILES string of the molecule is CO/C=C/C=C/[Si](C)(C)C. The van der Waals surface area contributed by atoms with Crippen LogP contribution in [0.1, 0.15) is 0 Å². The van der Waals surface area contributed by atoms with Crippen LogP contribution in [0.4, 0.5) is 0 Å². The molecule has 0 aromatic carbocycles. The summed E-state index contributed by atoms with van der Waals surface area (Å²) in [6.07, 6.45) is 5.64. The maximum absolute atomic E-state index is 4.74. The summed E-state index contributed by atoms with van der Waals surface area (Å²) < 4.78 is 4.74. The molecule has 0 aliphatic rings. The Morgan fingerprint density at radius 2 is 1.70 bits per heavy atom. The summed E-state index contributed by atoms with van der Waals surface area (Å²) in [7, 11) is 0.657. The van der Waals surface area contributed by atoms with E-state index in [1.54, 1.807) is 13.4 Å². The van der Waals surface area contributed by atoms with Crippen molar-refractivity contribution in [3.8, 4) is 0 Å². The zero-order valence-electron chi connectivity index (χ0n) is 7.22. The number of methoxy groups -OCH3 is 1. The third kappa shape index (κ3) is 7.50. The summed E-state index contributed by atoms with van der Waals surface area (Å²) in [6, 6.07) is 0. The second-order valence-corrected chi connectivity index (χ2v) is 8.35. The maximum atomic E-state index is 4.74. The van der Waals surface area contributed by atoms with Crippen LogP contribution in [0.25, 0.3) is 0 Å². The van der Waals surface area contributed by atoms with Crippen molar-refractivity contribution in [2.24, 2.45) is 0 Å². The molecule has 2 heteroatoms. The van der Waals surface area contributed by atoms with Gasteiger partial charge in [-0.05, 0) is 6.08 Å². The minimum absolute atomic E-state index is 0.995. The molecule has 0 saturated heterocycles. The van der Waals surface area contributed by atoms with E-state index in [0.29, 0.717) is 0 Å². The fourth-order valence-electron chi connectivity index (χ4n) is 0.468. The summed E-state index contributed by atoms with van der Waals surface area (Å²) in [4.78, 5) is 0. The molecule has 0 radical (unpaired) electrons. The number of hydrogen-bond acceptors (Lipinski definition) is 1. The third-order valence-electron chi connectivity index (χ3n) is 0.922. The van der Waals surface area contributed by atoms with Gasteiger partial charge in [0, 0.05) is 0 Å². The molecule has 58 valence electrons. The Morgan fingerprint density at radius 1 is 1.10 bits per heavy atom. The first kappa shape index (κ1) is 9.50. The standard InChI is InChI=1S/C8H16OSi/c1-9-7-5-6-8-10(2,3)4/h5-8H,1-4H3/b7-5+,8-6+. The van der Waals surface area contributed by atoms with Crippen molar-refractivity contribution in [2.45, 2.75) is 19.6 Å². The normalized spacial score (nSPS) is 13.2. The quantitative estimate of drug-likeness (QED) is 0.347. The van der Waals surface area contributed by atoms with Gasteiger partial charge in [0.1, 0.15) is 0 Å². The van der Waals surface area contributed by atoms with Gasteiger partial charge in [0.15, 0.2) is 0 Å². The van der Waals surface area contributed by atoms with Gasteiger partial charge < -0.3 is 4.74 Å². The Bertz CT molecular complexity index is 131. The van der Waals surface area contributed by atoms with Gasteiger partial charge in [-0.15, -0.1) is 0 Å². The average molecular weight is 156 g/mol. The highest BCUT2D eigenvalue weighted by atomic mass is 28.3. The van der Waals surface area contributed by atoms with Gasteiger partial charge in [-0.3, -0.25) is 0 Å². The first-order chi connectivity index (χ1) is 4.56. The van der Waals surface area contributed by atoms with Crippen molar-refractivity contribution in [1.82, 2.24) is 0 Å². The fraction of sp³-hybridized carbons (Fsp3) is 0.500. The molecular weight excluding hydrogens is 140 g/mol. The molecule has 0 bridgehead atoms. The van der Waals surface area contributed by atoms with Gasteiger partial charge in [-0.25, -0.2) is 0 Å². The van der Waals surface area contributed by atoms with E-state index in [2.05, 4.69) is 31.4 Å². The molecule has 0 unspecified atom stereocenters. The molecule has 0 amide bonds. The predicted molar refractivity (Wildman–Crippen MR) is 48.6 cm³/mol. The molecule has 10 heavy (non-hydrogen) atoms. The van der Waals surface area contributed by atoms with E-state index in [4.69, 9.17) is 4.74 Å². The Kier molecular flexibility index (Phi) is 4.12. The lowest BCUT2D eigenvalue weighted by Gasteiger charge is -2.06. The minimum atomic E-state index is -0.995. The molecule has 1 nitrogen and oxygen atoms in total. The molecule has 0 heterocycles. The lowest BCUT2D eigenvalue weighted by Crippen LogP contribution is -2.14. The fourth-order valence-corrected chi connectivity index (χ4v) is 1.16. The van der Waals surface area contributed by atoms with Crippen LogP contribution in [0.5, 0.6) is 0 Å². The highest BCUT2D eigenvalue weighted by Gasteiger charge is 2.05. The van der Waals surface area contributed by atoms with Crippen LogP contribution in [-0.4, -0.2) is 15.2 Å². The van der Waals surface area contributed by atoms with Gasteiger partial charge in [0.2, 0.25) is 0 Å². The van der Waals surface area contributed by atoms with Crippen LogP contribution < -0.4 is 0 Å². The van der Waals surface area contributed by atoms with Gasteiger partial charge >= 0.3 is 0 Å². The molecule has 0 rings (SSSR count). The molecule has 0 spiro atoms. The van der Waals surface area contributed by atoms with E-state index in [-0.39, 0.29) is 0 Å². The molecule has 0 saturated carbocycles. The van der Waals surface area contributed by atoms with Crippen LogP contribution in [0.3, 0.4) is 0 Å². The summed E-state index contributed by atoms with van der Waals surface area (Å²) in [5.74, 6) is 0. The predicted octanol–water partition coefficient (Wildman–Crippen LogP) is 2.58. The Morgan fingerprint density at radius 3 is 2.10 bits per heavy atom. The molecule has 0 aliphatic carbocycles. The smallest absolute Gasteiger partial charge is 0.0824 e. The Balaban J connectivity index is 3.66. The van der Waals surface area contributed by atoms with Crippen LogP contribution in [-0.2, 0) is 4.74 Å². The first-order valence-electron chi connectivity index (χ1n) is 3.43. The molecule has 0 aromatic rings. The summed E-state index contributed by atoms with van der Waals surface area (Å²) in [6.45, 7) is 6.89. The van der Waals surface area contributed by atoms with Crippen molar-refractivity contribution in [2.75, 3.05) is 7.11 Å². The topological polar surface area (TPSA) is 9.23 Å². The van der Waals surface area contributed by atoms with Crippen molar-refractivity contribution in [3.05, 3.63) is 24.1 Å². The zero-order chi connectivity index (χ0) is 8.04. The van der Waals surface area contributed by atoms with Gasteiger partial charge in [0.25, 0.3) is 0 Å². The van der Waals surface area contributed by atoms with Crippen LogP contribution in [0.15, 0.2) is 24.1 Å². The maximum Gasteiger partial charge on any atom is 0.0824 e. The molecule has 0 aromatic heterocycles. The molecule has 0 fully saturated rings. The highest BCUT2D eigenvalue weighted by molar-refractivity contribution is 6.80. The lowest BCUT2D eigenvalue weighted by atomic mass is 10.6. The Hall–Kier alpha value is -0.503. The van der Waals surface area contributed by atoms with Crippen molar-refractivity contribution in [1.29, 1.82) is 0 Å². The first-order valence-corrected chi connectivity index (χ1v) is 7.01. The van der Waals surface area contributed by atoms with Crippen LogP contribution >= 0.6 is 0 Å². The van der Waals surface area contributed by atoms with E-state index in [9.17, 15) is 0 Å². The van der Waals surface area contributed by atoms with E-state index in [1.165, 1.54) is 0 Å². The largest absolute Gasteiger partial charge is 0.504 e.